The third-order valence-electron chi connectivity index (χ3n) is 7.05. The van der Waals surface area contributed by atoms with Crippen LogP contribution in [0.2, 0.25) is 0 Å². The van der Waals surface area contributed by atoms with Crippen molar-refractivity contribution in [2.45, 2.75) is 50.6 Å². The summed E-state index contributed by atoms with van der Waals surface area (Å²) in [6.45, 7) is 2.73. The second kappa shape index (κ2) is 18.9. The zero-order chi connectivity index (χ0) is 35.2. The topological polar surface area (TPSA) is 219 Å². The molecule has 3 rings (SSSR count). The molecule has 14 nitrogen and oxygen atoms in total. The summed E-state index contributed by atoms with van der Waals surface area (Å²) in [7, 11) is 0. The second-order valence-corrected chi connectivity index (χ2v) is 12.5. The lowest BCUT2D eigenvalue weighted by atomic mass is 10.0. The molecule has 16 heteroatoms. The molecule has 0 bridgehead atoms. The number of rotatable bonds is 20. The van der Waals surface area contributed by atoms with Crippen LogP contribution in [0.25, 0.3) is 10.9 Å². The molecule has 8 N–H and O–H groups in total. The number of nitrogens with zero attached hydrogens (tertiary/aromatic N) is 1. The number of hydrogen-bond donors (Lipinski definition) is 9. The molecule has 0 fully saturated rings. The number of hydrogen-bond acceptors (Lipinski definition) is 13. The lowest BCUT2D eigenvalue weighted by Gasteiger charge is -2.23. The van der Waals surface area contributed by atoms with Gasteiger partial charge in [0.25, 0.3) is 0 Å². The Hall–Kier alpha value is -4.22. The summed E-state index contributed by atoms with van der Waals surface area (Å²) >= 11 is 5.38. The van der Waals surface area contributed by atoms with E-state index in [-0.39, 0.29) is 42.6 Å². The zero-order valence-electron chi connectivity index (χ0n) is 26.4. The first-order valence-corrected chi connectivity index (χ1v) is 16.7. The van der Waals surface area contributed by atoms with Crippen molar-refractivity contribution in [3.63, 3.8) is 0 Å². The highest BCUT2D eigenvalue weighted by Gasteiger charge is 2.27. The molecule has 0 radical (unpaired) electrons. The van der Waals surface area contributed by atoms with Gasteiger partial charge in [-0.15, -0.1) is 0 Å². The fourth-order valence-electron chi connectivity index (χ4n) is 4.56. The van der Waals surface area contributed by atoms with Gasteiger partial charge in [-0.2, -0.15) is 12.6 Å². The number of hydrazine groups is 1. The van der Waals surface area contributed by atoms with Gasteiger partial charge in [-0.1, -0.05) is 50.1 Å². The Morgan fingerprint density at radius 3 is 2.33 bits per heavy atom. The number of aromatic nitrogens is 1. The number of carbonyl (C=O) groups is 5. The number of carbonyl (C=O) groups excluding carboxylic acids is 4. The minimum atomic E-state index is -1.18. The molecule has 0 saturated heterocycles. The van der Waals surface area contributed by atoms with Crippen molar-refractivity contribution in [3.8, 4) is 11.5 Å². The second-order valence-electron chi connectivity index (χ2n) is 11.3. The van der Waals surface area contributed by atoms with Crippen molar-refractivity contribution >= 4 is 64.8 Å². The summed E-state index contributed by atoms with van der Waals surface area (Å²) in [6.07, 6.45) is 1.88. The molecule has 2 amide bonds. The maximum absolute atomic E-state index is 13.1. The number of phenols is 2. The Morgan fingerprint density at radius 1 is 0.938 bits per heavy atom. The first-order chi connectivity index (χ1) is 22.9. The van der Waals surface area contributed by atoms with E-state index in [4.69, 9.17) is 0 Å². The summed E-state index contributed by atoms with van der Waals surface area (Å²) in [4.78, 5) is 66.8. The van der Waals surface area contributed by atoms with E-state index in [1.54, 1.807) is 30.5 Å². The van der Waals surface area contributed by atoms with Gasteiger partial charge in [-0.05, 0) is 54.2 Å². The number of benzene rings is 2. The molecule has 1 heterocycles. The standard InChI is InChI=1S/C32H40N6O8S2/c1-18(2)12-24(32(45)46)36-31(44)23(13-19-5-8-21(39)9-6-19)37-35-15-28(42)34-14-27(41)30(43)25(16-47)38-48-17-20-7-10-26(40)29-22(20)4-3-11-33-29/h3-11,18,23-25,35,37-40,47H,12-17H2,1-2H3,(H,34,42)(H,36,44)(H,45,46)/t23-,24?,25-/m0/s1. The number of fused-ring (bicyclic) bond motifs is 1. The molecule has 0 saturated carbocycles. The van der Waals surface area contributed by atoms with Crippen LogP contribution >= 0.6 is 24.6 Å². The van der Waals surface area contributed by atoms with Crippen molar-refractivity contribution in [2.75, 3.05) is 18.8 Å². The molecule has 48 heavy (non-hydrogen) atoms. The van der Waals surface area contributed by atoms with Crippen molar-refractivity contribution in [3.05, 3.63) is 65.9 Å². The first-order valence-electron chi connectivity index (χ1n) is 15.1. The average molecular weight is 701 g/mol. The highest BCUT2D eigenvalue weighted by Crippen LogP contribution is 2.27. The zero-order valence-corrected chi connectivity index (χ0v) is 28.1. The van der Waals surface area contributed by atoms with Crippen LogP contribution < -0.4 is 26.2 Å². The molecule has 0 spiro atoms. The Balaban J connectivity index is 1.49. The molecule has 258 valence electrons. The monoisotopic (exact) mass is 700 g/mol. The van der Waals surface area contributed by atoms with Crippen LogP contribution in [0, 0.1) is 5.92 Å². The van der Waals surface area contributed by atoms with Gasteiger partial charge in [-0.3, -0.25) is 28.9 Å². The summed E-state index contributed by atoms with van der Waals surface area (Å²) in [6, 6.07) is 9.92. The van der Waals surface area contributed by atoms with E-state index in [9.17, 15) is 39.3 Å². The van der Waals surface area contributed by atoms with Crippen LogP contribution in [0.5, 0.6) is 11.5 Å². The smallest absolute Gasteiger partial charge is 0.326 e. The van der Waals surface area contributed by atoms with Crippen molar-refractivity contribution in [2.24, 2.45) is 5.92 Å². The number of amides is 2. The fourth-order valence-corrected chi connectivity index (χ4v) is 5.82. The van der Waals surface area contributed by atoms with Crippen LogP contribution in [0.4, 0.5) is 0 Å². The number of aromatic hydroxyl groups is 2. The van der Waals surface area contributed by atoms with Gasteiger partial charge in [0, 0.05) is 23.1 Å². The lowest BCUT2D eigenvalue weighted by molar-refractivity contribution is -0.142. The van der Waals surface area contributed by atoms with Gasteiger partial charge >= 0.3 is 5.97 Å². The molecule has 1 aromatic heterocycles. The van der Waals surface area contributed by atoms with Gasteiger partial charge in [0.05, 0.1) is 19.1 Å². The minimum Gasteiger partial charge on any atom is -0.508 e. The van der Waals surface area contributed by atoms with E-state index in [1.165, 1.54) is 30.1 Å². The van der Waals surface area contributed by atoms with Crippen LogP contribution in [-0.2, 0) is 36.1 Å². The SMILES string of the molecule is CC(C)CC(NC(=O)[C@H](Cc1ccc(O)cc1)NNCC(=O)NCC(=O)C(=O)[C@H](CS)NSCc1ccc(O)c2ncccc12)C(=O)O. The average Bonchev–Trinajstić information content (AvgIpc) is 3.06. The van der Waals surface area contributed by atoms with E-state index < -0.39 is 54.0 Å². The number of aliphatic carboxylic acids is 1. The molecule has 3 atom stereocenters. The largest absolute Gasteiger partial charge is 0.508 e. The highest BCUT2D eigenvalue weighted by molar-refractivity contribution is 7.96. The van der Waals surface area contributed by atoms with Crippen molar-refractivity contribution < 1.29 is 39.3 Å². The van der Waals surface area contributed by atoms with Gasteiger partial charge in [0.1, 0.15) is 29.1 Å². The number of nitrogens with one attached hydrogen (secondary N) is 5. The third kappa shape index (κ3) is 11.8. The Kier molecular flexibility index (Phi) is 15.1. The van der Waals surface area contributed by atoms with E-state index >= 15 is 0 Å². The third-order valence-corrected chi connectivity index (χ3v) is 8.32. The van der Waals surface area contributed by atoms with Crippen molar-refractivity contribution in [1.82, 2.24) is 31.2 Å². The number of pyridine rings is 1. The minimum absolute atomic E-state index is 0.00733. The molecule has 0 aliphatic carbocycles. The molecular formula is C32H40N6O8S2. The summed E-state index contributed by atoms with van der Waals surface area (Å²) in [5.74, 6) is -3.51. The number of carboxylic acids is 1. The predicted octanol–water partition coefficient (Wildman–Crippen LogP) is 1.26. The lowest BCUT2D eigenvalue weighted by Crippen LogP contribution is -2.56. The van der Waals surface area contributed by atoms with E-state index in [0.717, 1.165) is 10.9 Å². The van der Waals surface area contributed by atoms with Crippen LogP contribution in [-0.4, -0.2) is 86.6 Å². The molecule has 3 aromatic rings. The number of carboxylic acid groups (broad SMARTS) is 1. The highest BCUT2D eigenvalue weighted by atomic mass is 32.2. The molecule has 0 aliphatic rings. The van der Waals surface area contributed by atoms with Crippen LogP contribution in [0.3, 0.4) is 0 Å². The maximum Gasteiger partial charge on any atom is 0.326 e. The van der Waals surface area contributed by atoms with Gasteiger partial charge < -0.3 is 26.0 Å². The fraction of sp³-hybridized carbons (Fsp3) is 0.375. The van der Waals surface area contributed by atoms with Gasteiger partial charge in [-0.25, -0.2) is 15.6 Å². The van der Waals surface area contributed by atoms with Gasteiger partial charge in [0.15, 0.2) is 0 Å². The van der Waals surface area contributed by atoms with Crippen molar-refractivity contribution in [1.29, 1.82) is 0 Å². The molecular weight excluding hydrogens is 661 g/mol. The Bertz CT molecular complexity index is 1590. The number of ketones is 2. The number of thiol groups is 1. The summed E-state index contributed by atoms with van der Waals surface area (Å²) in [5, 5.41) is 34.8. The van der Waals surface area contributed by atoms with E-state index in [1.807, 2.05) is 19.9 Å². The Morgan fingerprint density at radius 2 is 1.67 bits per heavy atom. The Labute approximate surface area is 287 Å². The maximum atomic E-state index is 13.1. The summed E-state index contributed by atoms with van der Waals surface area (Å²) in [5.41, 5.74) is 7.33. The molecule has 2 aromatic carbocycles. The first kappa shape index (κ1) is 38.2. The predicted molar refractivity (Wildman–Crippen MR) is 184 cm³/mol. The van der Waals surface area contributed by atoms with E-state index in [2.05, 4.69) is 43.8 Å². The van der Waals surface area contributed by atoms with E-state index in [0.29, 0.717) is 16.8 Å². The quantitative estimate of drug-likeness (QED) is 0.0351. The van der Waals surface area contributed by atoms with Gasteiger partial charge in [0.2, 0.25) is 23.4 Å². The van der Waals surface area contributed by atoms with Crippen LogP contribution in [0.1, 0.15) is 31.4 Å². The number of Topliss-reactive ketones (excluding diaryl/α,β-unsaturated/α-hetero) is 2. The summed E-state index contributed by atoms with van der Waals surface area (Å²) < 4.78 is 2.94. The normalized spacial score (nSPS) is 13.1. The molecule has 1 unspecified atom stereocenters. The molecule has 0 aliphatic heterocycles. The van der Waals surface area contributed by atoms with Crippen LogP contribution in [0.15, 0.2) is 54.7 Å². The number of phenolic OH excluding ortho intramolecular Hbond substituents is 2.